The Morgan fingerprint density at radius 2 is 2.00 bits per heavy atom. The summed E-state index contributed by atoms with van der Waals surface area (Å²) in [4.78, 5) is 34.5. The second-order valence-electron chi connectivity index (χ2n) is 7.00. The van der Waals surface area contributed by atoms with Crippen molar-refractivity contribution in [3.05, 3.63) is 65.0 Å². The molecule has 0 aliphatic heterocycles. The molecule has 1 aromatic carbocycles. The second-order valence-corrected chi connectivity index (χ2v) is 7.38. The van der Waals surface area contributed by atoms with Gasteiger partial charge in [-0.15, -0.1) is 0 Å². The molecule has 5 rings (SSSR count). The zero-order valence-corrected chi connectivity index (χ0v) is 17.6. The van der Waals surface area contributed by atoms with Gasteiger partial charge in [-0.25, -0.2) is 19.9 Å². The van der Waals surface area contributed by atoms with Crippen molar-refractivity contribution in [2.75, 3.05) is 0 Å². The van der Waals surface area contributed by atoms with Gasteiger partial charge in [-0.05, 0) is 18.2 Å². The van der Waals surface area contributed by atoms with Crippen molar-refractivity contribution >= 4 is 28.5 Å². The number of imidazole rings is 2. The van der Waals surface area contributed by atoms with Crippen molar-refractivity contribution in [3.8, 4) is 23.0 Å². The average Bonchev–Trinajstić information content (AvgIpc) is 3.57. The van der Waals surface area contributed by atoms with Gasteiger partial charge in [-0.1, -0.05) is 16.8 Å². The Kier molecular flexibility index (Phi) is 5.24. The van der Waals surface area contributed by atoms with E-state index in [1.807, 2.05) is 0 Å². The van der Waals surface area contributed by atoms with Crippen LogP contribution in [-0.4, -0.2) is 41.0 Å². The Labute approximate surface area is 192 Å². The van der Waals surface area contributed by atoms with E-state index < -0.39 is 17.6 Å². The fraction of sp³-hybridized carbons (Fsp3) is 0.100. The van der Waals surface area contributed by atoms with Gasteiger partial charge < -0.3 is 19.8 Å². The third-order valence-corrected chi connectivity index (χ3v) is 5.12. The lowest BCUT2D eigenvalue weighted by Crippen LogP contribution is -2.24. The molecule has 0 saturated heterocycles. The monoisotopic (exact) mass is 488 g/mol. The summed E-state index contributed by atoms with van der Waals surface area (Å²) in [6.45, 7) is -0.0549. The zero-order valence-electron chi connectivity index (χ0n) is 16.8. The molecule has 172 valence electrons. The summed E-state index contributed by atoms with van der Waals surface area (Å²) in [5.41, 5.74) is 0.222. The number of hydrogen-bond acceptors (Lipinski definition) is 7. The van der Waals surface area contributed by atoms with E-state index in [0.717, 1.165) is 12.1 Å². The number of nitrogens with zero attached hydrogens (tertiary/aromatic N) is 5. The molecule has 0 fully saturated rings. The van der Waals surface area contributed by atoms with Gasteiger partial charge in [-0.3, -0.25) is 4.79 Å². The lowest BCUT2D eigenvalue weighted by molar-refractivity contribution is -0.137. The fourth-order valence-electron chi connectivity index (χ4n) is 3.15. The third-order valence-electron chi connectivity index (χ3n) is 4.76. The molecule has 0 spiro atoms. The van der Waals surface area contributed by atoms with Gasteiger partial charge >= 0.3 is 6.18 Å². The second kappa shape index (κ2) is 8.26. The summed E-state index contributed by atoms with van der Waals surface area (Å²) in [6.07, 6.45) is -0.167. The largest absolute Gasteiger partial charge is 0.416 e. The maximum absolute atomic E-state index is 12.9. The molecule has 34 heavy (non-hydrogen) atoms. The minimum absolute atomic E-state index is 0.0220. The molecule has 5 aromatic rings. The van der Waals surface area contributed by atoms with E-state index in [1.165, 1.54) is 24.7 Å². The van der Waals surface area contributed by atoms with Crippen LogP contribution < -0.4 is 5.32 Å². The Hall–Kier alpha value is -4.26. The quantitative estimate of drug-likeness (QED) is 0.340. The molecule has 0 bridgehead atoms. The molecule has 0 saturated carbocycles. The zero-order chi connectivity index (χ0) is 23.9. The first-order valence-corrected chi connectivity index (χ1v) is 9.99. The number of alkyl halides is 3. The fourth-order valence-corrected chi connectivity index (χ4v) is 3.43. The van der Waals surface area contributed by atoms with Gasteiger partial charge in [0.25, 0.3) is 5.91 Å². The van der Waals surface area contributed by atoms with Crippen LogP contribution in [0.4, 0.5) is 13.2 Å². The van der Waals surface area contributed by atoms with Gasteiger partial charge in [-0.2, -0.15) is 13.2 Å². The van der Waals surface area contributed by atoms with Gasteiger partial charge in [0.05, 0.1) is 23.1 Å². The highest BCUT2D eigenvalue weighted by atomic mass is 35.5. The van der Waals surface area contributed by atoms with Crippen molar-refractivity contribution in [3.63, 3.8) is 0 Å². The van der Waals surface area contributed by atoms with E-state index in [1.54, 1.807) is 6.20 Å². The van der Waals surface area contributed by atoms with E-state index in [0.29, 0.717) is 11.3 Å². The van der Waals surface area contributed by atoms with Gasteiger partial charge in [0, 0.05) is 18.5 Å². The number of benzene rings is 1. The molecule has 0 radical (unpaired) electrons. The highest BCUT2D eigenvalue weighted by Crippen LogP contribution is 2.31. The molecule has 3 N–H and O–H groups in total. The standard InChI is InChI=1S/C20H12ClF3N8O2/c21-14-15(18-25-3-4-26-18)28-8-29-16(14)19(33)27-7-10-6-13(32-34-10)17-30-11-2-1-9(20(22,23)24)5-12(11)31-17/h1-6,8H,7H2,(H,25,26)(H,27,33)(H,30,31). The molecule has 0 aliphatic rings. The van der Waals surface area contributed by atoms with Crippen LogP contribution in [-0.2, 0) is 12.7 Å². The Morgan fingerprint density at radius 3 is 2.76 bits per heavy atom. The van der Waals surface area contributed by atoms with Crippen LogP contribution in [0.25, 0.3) is 34.1 Å². The molecule has 1 amide bonds. The van der Waals surface area contributed by atoms with Crippen LogP contribution in [0.2, 0.25) is 5.02 Å². The number of H-pyrrole nitrogens is 2. The smallest absolute Gasteiger partial charge is 0.359 e. The number of rotatable bonds is 5. The molecule has 10 nitrogen and oxygen atoms in total. The van der Waals surface area contributed by atoms with Gasteiger partial charge in [0.15, 0.2) is 23.1 Å². The molecule has 4 aromatic heterocycles. The van der Waals surface area contributed by atoms with Crippen LogP contribution >= 0.6 is 11.6 Å². The first-order valence-electron chi connectivity index (χ1n) is 9.61. The average molecular weight is 489 g/mol. The number of aromatic nitrogens is 7. The van der Waals surface area contributed by atoms with Crippen LogP contribution in [0.1, 0.15) is 21.8 Å². The molecular weight excluding hydrogens is 477 g/mol. The molecule has 4 heterocycles. The Balaban J connectivity index is 1.31. The number of aromatic amines is 2. The van der Waals surface area contributed by atoms with Crippen molar-refractivity contribution < 1.29 is 22.5 Å². The SMILES string of the molecule is O=C(NCc1cc(-c2nc3ccc(C(F)(F)F)cc3[nH]2)no1)c1ncnc(-c2ncc[nH]2)c1Cl. The lowest BCUT2D eigenvalue weighted by Gasteiger charge is -2.06. The summed E-state index contributed by atoms with van der Waals surface area (Å²) < 4.78 is 44.0. The minimum Gasteiger partial charge on any atom is -0.359 e. The van der Waals surface area contributed by atoms with E-state index in [-0.39, 0.29) is 45.8 Å². The summed E-state index contributed by atoms with van der Waals surface area (Å²) >= 11 is 6.27. The van der Waals surface area contributed by atoms with Crippen molar-refractivity contribution in [1.29, 1.82) is 0 Å². The van der Waals surface area contributed by atoms with E-state index in [2.05, 4.69) is 40.4 Å². The van der Waals surface area contributed by atoms with Crippen molar-refractivity contribution in [2.24, 2.45) is 0 Å². The number of carbonyl (C=O) groups excluding carboxylic acids is 1. The van der Waals surface area contributed by atoms with Crippen LogP contribution in [0.15, 0.2) is 47.5 Å². The third kappa shape index (κ3) is 4.08. The maximum Gasteiger partial charge on any atom is 0.416 e. The summed E-state index contributed by atoms with van der Waals surface area (Å²) in [7, 11) is 0. The predicted molar refractivity (Wildman–Crippen MR) is 112 cm³/mol. The van der Waals surface area contributed by atoms with Gasteiger partial charge in [0.1, 0.15) is 22.7 Å². The van der Waals surface area contributed by atoms with E-state index in [9.17, 15) is 18.0 Å². The van der Waals surface area contributed by atoms with Crippen LogP contribution in [0.5, 0.6) is 0 Å². The Morgan fingerprint density at radius 1 is 1.15 bits per heavy atom. The predicted octanol–water partition coefficient (Wildman–Crippen LogP) is 4.00. The lowest BCUT2D eigenvalue weighted by atomic mass is 10.2. The molecule has 0 unspecified atom stereocenters. The van der Waals surface area contributed by atoms with E-state index in [4.69, 9.17) is 16.1 Å². The van der Waals surface area contributed by atoms with Crippen LogP contribution in [0, 0.1) is 0 Å². The number of nitrogens with one attached hydrogen (secondary N) is 3. The first-order chi connectivity index (χ1) is 16.3. The van der Waals surface area contributed by atoms with Gasteiger partial charge in [0.2, 0.25) is 0 Å². The number of carbonyl (C=O) groups is 1. The molecular formula is C20H12ClF3N8O2. The molecule has 0 aliphatic carbocycles. The topological polar surface area (TPSA) is 138 Å². The number of hydrogen-bond donors (Lipinski definition) is 3. The highest BCUT2D eigenvalue weighted by molar-refractivity contribution is 6.35. The molecule has 14 heteroatoms. The minimum atomic E-state index is -4.47. The number of fused-ring (bicyclic) bond motifs is 1. The van der Waals surface area contributed by atoms with Crippen molar-refractivity contribution in [2.45, 2.75) is 12.7 Å². The first kappa shape index (κ1) is 21.6. The van der Waals surface area contributed by atoms with Crippen LogP contribution in [0.3, 0.4) is 0 Å². The molecule has 0 atom stereocenters. The summed E-state index contributed by atoms with van der Waals surface area (Å²) in [6, 6.07) is 4.68. The number of halogens is 4. The normalized spacial score (nSPS) is 11.8. The highest BCUT2D eigenvalue weighted by Gasteiger charge is 2.30. The maximum atomic E-state index is 12.9. The summed E-state index contributed by atoms with van der Waals surface area (Å²) in [5.74, 6) is 0.296. The van der Waals surface area contributed by atoms with Crippen molar-refractivity contribution in [1.82, 2.24) is 40.4 Å². The summed E-state index contributed by atoms with van der Waals surface area (Å²) in [5, 5.41) is 6.50. The Bertz CT molecular complexity index is 1490. The number of amides is 1. The van der Waals surface area contributed by atoms with E-state index >= 15 is 0 Å².